The van der Waals surface area contributed by atoms with Crippen molar-refractivity contribution in [1.29, 1.82) is 0 Å². The maximum absolute atomic E-state index is 12.2. The Morgan fingerprint density at radius 1 is 1.17 bits per heavy atom. The Bertz CT molecular complexity index is 1130. The van der Waals surface area contributed by atoms with E-state index in [9.17, 15) is 4.79 Å². The lowest BCUT2D eigenvalue weighted by atomic mass is 10.2. The Labute approximate surface area is 168 Å². The summed E-state index contributed by atoms with van der Waals surface area (Å²) in [6.45, 7) is 2.46. The van der Waals surface area contributed by atoms with Gasteiger partial charge >= 0.3 is 0 Å². The van der Waals surface area contributed by atoms with E-state index in [0.717, 1.165) is 28.0 Å². The first-order valence-corrected chi connectivity index (χ1v) is 9.52. The van der Waals surface area contributed by atoms with Crippen LogP contribution >= 0.6 is 0 Å². The van der Waals surface area contributed by atoms with Crippen molar-refractivity contribution in [3.63, 3.8) is 0 Å². The van der Waals surface area contributed by atoms with Gasteiger partial charge in [0.15, 0.2) is 0 Å². The van der Waals surface area contributed by atoms with E-state index in [1.807, 2.05) is 44.3 Å². The third-order valence-corrected chi connectivity index (χ3v) is 4.86. The maximum Gasteiger partial charge on any atom is 0.226 e. The van der Waals surface area contributed by atoms with E-state index < -0.39 is 0 Å². The number of aromatic nitrogens is 5. The van der Waals surface area contributed by atoms with E-state index in [1.54, 1.807) is 12.4 Å². The lowest BCUT2D eigenvalue weighted by Gasteiger charge is -2.05. The molecule has 0 saturated heterocycles. The normalized spacial score (nSPS) is 11.1. The zero-order chi connectivity index (χ0) is 20.2. The summed E-state index contributed by atoms with van der Waals surface area (Å²) >= 11 is 0. The van der Waals surface area contributed by atoms with Crippen molar-refractivity contribution < 1.29 is 9.32 Å². The van der Waals surface area contributed by atoms with Crippen LogP contribution in [0.1, 0.15) is 30.1 Å². The summed E-state index contributed by atoms with van der Waals surface area (Å²) in [7, 11) is 2.00. The van der Waals surface area contributed by atoms with Crippen molar-refractivity contribution in [1.82, 2.24) is 30.0 Å². The second kappa shape index (κ2) is 8.22. The second-order valence-electron chi connectivity index (χ2n) is 6.92. The highest BCUT2D eigenvalue weighted by molar-refractivity contribution is 5.78. The van der Waals surface area contributed by atoms with Gasteiger partial charge in [-0.3, -0.25) is 9.78 Å². The lowest BCUT2D eigenvalue weighted by molar-refractivity contribution is -0.121. The first kappa shape index (κ1) is 18.8. The van der Waals surface area contributed by atoms with Crippen molar-refractivity contribution in [2.75, 3.05) is 0 Å². The molecular formula is C21H22N6O2. The molecule has 0 aliphatic rings. The molecule has 148 valence electrons. The molecule has 8 nitrogen and oxygen atoms in total. The summed E-state index contributed by atoms with van der Waals surface area (Å²) in [5, 5.41) is 6.93. The van der Waals surface area contributed by atoms with Crippen molar-refractivity contribution in [3.05, 3.63) is 60.0 Å². The number of amides is 1. The van der Waals surface area contributed by atoms with Crippen molar-refractivity contribution in [3.8, 4) is 11.4 Å². The maximum atomic E-state index is 12.2. The molecule has 4 aromatic rings. The Hall–Kier alpha value is -3.55. The molecular weight excluding hydrogens is 368 g/mol. The first-order valence-electron chi connectivity index (χ1n) is 9.52. The number of carbonyl (C=O) groups excluding carboxylic acids is 1. The van der Waals surface area contributed by atoms with E-state index in [2.05, 4.69) is 30.0 Å². The summed E-state index contributed by atoms with van der Waals surface area (Å²) in [5.74, 6) is 2.03. The molecule has 0 fully saturated rings. The van der Waals surface area contributed by atoms with Gasteiger partial charge in [-0.15, -0.1) is 0 Å². The number of imidazole rings is 1. The van der Waals surface area contributed by atoms with Crippen LogP contribution in [-0.4, -0.2) is 30.6 Å². The van der Waals surface area contributed by atoms with Crippen LogP contribution in [0.25, 0.3) is 22.4 Å². The molecule has 29 heavy (non-hydrogen) atoms. The largest absolute Gasteiger partial charge is 0.352 e. The number of hydrogen-bond donors (Lipinski definition) is 1. The molecule has 1 N–H and O–H groups in total. The van der Waals surface area contributed by atoms with Crippen LogP contribution in [0.4, 0.5) is 0 Å². The van der Waals surface area contributed by atoms with Gasteiger partial charge in [0.2, 0.25) is 17.6 Å². The fraction of sp³-hybridized carbons (Fsp3) is 0.286. The minimum atomic E-state index is -0.00355. The van der Waals surface area contributed by atoms with Crippen LogP contribution in [0.5, 0.6) is 0 Å². The van der Waals surface area contributed by atoms with E-state index >= 15 is 0 Å². The van der Waals surface area contributed by atoms with Crippen molar-refractivity contribution in [2.45, 2.75) is 32.7 Å². The summed E-state index contributed by atoms with van der Waals surface area (Å²) in [4.78, 5) is 25.0. The molecule has 0 aliphatic carbocycles. The third kappa shape index (κ3) is 4.31. The molecule has 0 bridgehead atoms. The van der Waals surface area contributed by atoms with Crippen LogP contribution in [-0.2, 0) is 24.8 Å². The molecule has 4 rings (SSSR count). The van der Waals surface area contributed by atoms with Crippen LogP contribution in [0.3, 0.4) is 0 Å². The highest BCUT2D eigenvalue weighted by Gasteiger charge is 2.10. The van der Waals surface area contributed by atoms with Crippen LogP contribution in [0, 0.1) is 6.92 Å². The van der Waals surface area contributed by atoms with Gasteiger partial charge in [-0.2, -0.15) is 4.98 Å². The number of carbonyl (C=O) groups is 1. The highest BCUT2D eigenvalue weighted by atomic mass is 16.5. The topological polar surface area (TPSA) is 98.7 Å². The quantitative estimate of drug-likeness (QED) is 0.521. The smallest absolute Gasteiger partial charge is 0.226 e. The Balaban J connectivity index is 1.25. The molecule has 0 radical (unpaired) electrons. The number of hydrogen-bond acceptors (Lipinski definition) is 6. The monoisotopic (exact) mass is 390 g/mol. The summed E-state index contributed by atoms with van der Waals surface area (Å²) in [6.07, 6.45) is 4.97. The highest BCUT2D eigenvalue weighted by Crippen LogP contribution is 2.17. The Morgan fingerprint density at radius 3 is 2.83 bits per heavy atom. The van der Waals surface area contributed by atoms with Crippen molar-refractivity contribution in [2.24, 2.45) is 7.05 Å². The number of aryl methyl sites for hydroxylation is 3. The minimum Gasteiger partial charge on any atom is -0.352 e. The van der Waals surface area contributed by atoms with Gasteiger partial charge in [0.1, 0.15) is 5.82 Å². The lowest BCUT2D eigenvalue weighted by Crippen LogP contribution is -2.22. The number of rotatable bonds is 7. The Kier molecular flexibility index (Phi) is 5.33. The predicted octanol–water partition coefficient (Wildman–Crippen LogP) is 2.97. The zero-order valence-corrected chi connectivity index (χ0v) is 16.4. The zero-order valence-electron chi connectivity index (χ0n) is 16.4. The van der Waals surface area contributed by atoms with E-state index in [1.165, 1.54) is 0 Å². The van der Waals surface area contributed by atoms with Crippen LogP contribution in [0.15, 0.2) is 47.2 Å². The second-order valence-corrected chi connectivity index (χ2v) is 6.92. The average Bonchev–Trinajstić information content (AvgIpc) is 3.32. The molecule has 3 heterocycles. The molecule has 8 heteroatoms. The first-order chi connectivity index (χ1) is 14.1. The number of pyridine rings is 1. The summed E-state index contributed by atoms with van der Waals surface area (Å²) in [6, 6.07) is 9.72. The number of fused-ring (bicyclic) bond motifs is 1. The molecule has 3 aromatic heterocycles. The summed E-state index contributed by atoms with van der Waals surface area (Å²) in [5.41, 5.74) is 3.91. The standard InChI is InChI=1S/C21H22N6O2/c1-14-24-17-12-15(6-7-18(17)27(14)2)13-23-19(28)4-3-5-20-25-21(26-29-20)16-8-10-22-11-9-16/h6-12H,3-5,13H2,1-2H3,(H,23,28). The SMILES string of the molecule is Cc1nc2cc(CNC(=O)CCCc3nc(-c4ccncc4)no3)ccc2n1C. The average molecular weight is 390 g/mol. The third-order valence-electron chi connectivity index (χ3n) is 4.86. The molecule has 0 atom stereocenters. The van der Waals surface area contributed by atoms with Crippen LogP contribution < -0.4 is 5.32 Å². The van der Waals surface area contributed by atoms with Gasteiger partial charge in [-0.1, -0.05) is 11.2 Å². The van der Waals surface area contributed by atoms with Gasteiger partial charge < -0.3 is 14.4 Å². The molecule has 1 aromatic carbocycles. The molecule has 0 unspecified atom stereocenters. The van der Waals surface area contributed by atoms with E-state index in [0.29, 0.717) is 37.5 Å². The fourth-order valence-corrected chi connectivity index (χ4v) is 3.14. The molecule has 0 spiro atoms. The molecule has 1 amide bonds. The van der Waals surface area contributed by atoms with Gasteiger partial charge in [0, 0.05) is 44.4 Å². The molecule has 0 saturated carbocycles. The number of benzene rings is 1. The summed E-state index contributed by atoms with van der Waals surface area (Å²) < 4.78 is 7.31. The fourth-order valence-electron chi connectivity index (χ4n) is 3.14. The van der Waals surface area contributed by atoms with Gasteiger partial charge in [0.25, 0.3) is 0 Å². The van der Waals surface area contributed by atoms with Crippen LogP contribution in [0.2, 0.25) is 0 Å². The van der Waals surface area contributed by atoms with E-state index in [-0.39, 0.29) is 5.91 Å². The van der Waals surface area contributed by atoms with Gasteiger partial charge in [-0.05, 0) is 43.2 Å². The Morgan fingerprint density at radius 2 is 2.00 bits per heavy atom. The number of nitrogens with zero attached hydrogens (tertiary/aromatic N) is 5. The van der Waals surface area contributed by atoms with E-state index in [4.69, 9.17) is 4.52 Å². The van der Waals surface area contributed by atoms with Gasteiger partial charge in [-0.25, -0.2) is 4.98 Å². The predicted molar refractivity (Wildman–Crippen MR) is 108 cm³/mol. The number of nitrogens with one attached hydrogen (secondary N) is 1. The molecule has 0 aliphatic heterocycles. The minimum absolute atomic E-state index is 0.00355. The van der Waals surface area contributed by atoms with Crippen molar-refractivity contribution >= 4 is 16.9 Å². The van der Waals surface area contributed by atoms with Gasteiger partial charge in [0.05, 0.1) is 11.0 Å².